The van der Waals surface area contributed by atoms with Crippen molar-refractivity contribution in [2.24, 2.45) is 5.92 Å². The van der Waals surface area contributed by atoms with Gasteiger partial charge in [-0.1, -0.05) is 12.1 Å². The molecule has 1 amide bonds. The van der Waals surface area contributed by atoms with Crippen molar-refractivity contribution < 1.29 is 14.7 Å². The van der Waals surface area contributed by atoms with Crippen LogP contribution in [0.5, 0.6) is 0 Å². The average Bonchev–Trinajstić information content (AvgIpc) is 3.10. The number of nitrogens with one attached hydrogen (secondary N) is 1. The highest BCUT2D eigenvalue weighted by Crippen LogP contribution is 2.32. The van der Waals surface area contributed by atoms with Crippen molar-refractivity contribution >= 4 is 23.2 Å². The van der Waals surface area contributed by atoms with Gasteiger partial charge in [-0.25, -0.2) is 4.68 Å². The van der Waals surface area contributed by atoms with Gasteiger partial charge in [0.2, 0.25) is 0 Å². The molecule has 0 bridgehead atoms. The summed E-state index contributed by atoms with van der Waals surface area (Å²) in [7, 11) is 0. The van der Waals surface area contributed by atoms with Crippen LogP contribution in [0.25, 0.3) is 0 Å². The van der Waals surface area contributed by atoms with Crippen molar-refractivity contribution in [2.45, 2.75) is 39.3 Å². The summed E-state index contributed by atoms with van der Waals surface area (Å²) in [6, 6.07) is 1.99. The topological polar surface area (TPSA) is 97.1 Å². The number of nitrogens with zero attached hydrogens (tertiary/aromatic N) is 3. The largest absolute Gasteiger partial charge is 0.480 e. The van der Waals surface area contributed by atoms with Crippen LogP contribution < -0.4 is 5.32 Å². The number of carboxylic acid groups (broad SMARTS) is 1. The Morgan fingerprint density at radius 2 is 2.35 bits per heavy atom. The average molecular weight is 334 g/mol. The molecule has 0 aliphatic heterocycles. The Bertz CT molecular complexity index is 737. The predicted molar refractivity (Wildman–Crippen MR) is 84.3 cm³/mol. The summed E-state index contributed by atoms with van der Waals surface area (Å²) in [5, 5.41) is 19.0. The van der Waals surface area contributed by atoms with Gasteiger partial charge in [0.15, 0.2) is 0 Å². The fourth-order valence-electron chi connectivity index (χ4n) is 2.71. The van der Waals surface area contributed by atoms with Crippen LogP contribution in [0.15, 0.2) is 12.3 Å². The van der Waals surface area contributed by atoms with Crippen LogP contribution >= 0.6 is 11.3 Å². The molecule has 23 heavy (non-hydrogen) atoms. The SMILES string of the molecule is CC1CCc2sc(C(=O)NCc3cn(CC(=O)O)nn3)cc2C1. The van der Waals surface area contributed by atoms with Gasteiger partial charge < -0.3 is 10.4 Å². The minimum atomic E-state index is -0.983. The third-order valence-electron chi connectivity index (χ3n) is 3.87. The standard InChI is InChI=1S/C15H18N4O3S/c1-9-2-3-12-10(4-9)5-13(23-12)15(22)16-6-11-7-19(18-17-11)8-14(20)21/h5,7,9H,2-4,6,8H2,1H3,(H,16,22)(H,20,21). The van der Waals surface area contributed by atoms with Gasteiger partial charge in [-0.15, -0.1) is 16.4 Å². The first kappa shape index (κ1) is 15.7. The Morgan fingerprint density at radius 3 is 3.13 bits per heavy atom. The molecule has 8 heteroatoms. The van der Waals surface area contributed by atoms with E-state index in [2.05, 4.69) is 22.6 Å². The zero-order valence-corrected chi connectivity index (χ0v) is 13.6. The maximum absolute atomic E-state index is 12.3. The van der Waals surface area contributed by atoms with Crippen molar-refractivity contribution in [2.75, 3.05) is 0 Å². The summed E-state index contributed by atoms with van der Waals surface area (Å²) >= 11 is 1.56. The van der Waals surface area contributed by atoms with Crippen LogP contribution in [0.2, 0.25) is 0 Å². The first-order valence-electron chi connectivity index (χ1n) is 7.52. The van der Waals surface area contributed by atoms with Gasteiger partial charge in [0.1, 0.15) is 12.2 Å². The molecule has 0 spiro atoms. The maximum atomic E-state index is 12.3. The highest BCUT2D eigenvalue weighted by molar-refractivity contribution is 7.14. The number of carbonyl (C=O) groups excluding carboxylic acids is 1. The molecule has 122 valence electrons. The summed E-state index contributed by atoms with van der Waals surface area (Å²) in [5.41, 5.74) is 1.83. The number of rotatable bonds is 5. The molecule has 0 saturated carbocycles. The van der Waals surface area contributed by atoms with E-state index in [1.807, 2.05) is 6.07 Å². The summed E-state index contributed by atoms with van der Waals surface area (Å²) in [6.45, 7) is 2.23. The van der Waals surface area contributed by atoms with E-state index in [1.165, 1.54) is 27.7 Å². The molecule has 3 rings (SSSR count). The van der Waals surface area contributed by atoms with E-state index < -0.39 is 5.97 Å². The van der Waals surface area contributed by atoms with Gasteiger partial charge >= 0.3 is 5.97 Å². The number of amides is 1. The van der Waals surface area contributed by atoms with Crippen LogP contribution in [0.3, 0.4) is 0 Å². The van der Waals surface area contributed by atoms with Crippen molar-refractivity contribution in [1.82, 2.24) is 20.3 Å². The molecule has 1 atom stereocenters. The Balaban J connectivity index is 1.59. The van der Waals surface area contributed by atoms with Crippen molar-refractivity contribution in [3.63, 3.8) is 0 Å². The molecule has 0 aromatic carbocycles. The van der Waals surface area contributed by atoms with E-state index in [-0.39, 0.29) is 19.0 Å². The molecule has 2 heterocycles. The molecule has 0 radical (unpaired) electrons. The lowest BCUT2D eigenvalue weighted by atomic mass is 9.90. The second-order valence-electron chi connectivity index (χ2n) is 5.89. The lowest BCUT2D eigenvalue weighted by molar-refractivity contribution is -0.137. The summed E-state index contributed by atoms with van der Waals surface area (Å²) in [5.74, 6) is -0.425. The summed E-state index contributed by atoms with van der Waals surface area (Å²) in [6.07, 6.45) is 4.80. The molecule has 2 aromatic rings. The highest BCUT2D eigenvalue weighted by atomic mass is 32.1. The van der Waals surface area contributed by atoms with Gasteiger partial charge in [0.05, 0.1) is 17.6 Å². The quantitative estimate of drug-likeness (QED) is 0.863. The molecular weight excluding hydrogens is 316 g/mol. The number of hydrogen-bond acceptors (Lipinski definition) is 5. The molecule has 1 unspecified atom stereocenters. The first-order valence-corrected chi connectivity index (χ1v) is 8.33. The zero-order chi connectivity index (χ0) is 16.4. The van der Waals surface area contributed by atoms with Crippen LogP contribution in [0.4, 0.5) is 0 Å². The molecule has 2 aromatic heterocycles. The third-order valence-corrected chi connectivity index (χ3v) is 5.10. The highest BCUT2D eigenvalue weighted by Gasteiger charge is 2.20. The minimum Gasteiger partial charge on any atom is -0.480 e. The van der Waals surface area contributed by atoms with Gasteiger partial charge in [0.25, 0.3) is 5.91 Å². The number of aromatic nitrogens is 3. The third kappa shape index (κ3) is 3.76. The van der Waals surface area contributed by atoms with E-state index in [0.29, 0.717) is 11.6 Å². The molecule has 2 N–H and O–H groups in total. The Labute approximate surface area is 137 Å². The van der Waals surface area contributed by atoms with E-state index in [9.17, 15) is 9.59 Å². The number of carboxylic acids is 1. The lowest BCUT2D eigenvalue weighted by Gasteiger charge is -2.16. The summed E-state index contributed by atoms with van der Waals surface area (Å²) < 4.78 is 1.23. The van der Waals surface area contributed by atoms with Crippen molar-refractivity contribution in [3.8, 4) is 0 Å². The molecule has 7 nitrogen and oxygen atoms in total. The van der Waals surface area contributed by atoms with Crippen molar-refractivity contribution in [3.05, 3.63) is 33.3 Å². The van der Waals surface area contributed by atoms with Crippen LogP contribution in [-0.2, 0) is 30.7 Å². The molecule has 1 aliphatic carbocycles. The van der Waals surface area contributed by atoms with Gasteiger partial charge in [-0.2, -0.15) is 0 Å². The number of hydrogen-bond donors (Lipinski definition) is 2. The lowest BCUT2D eigenvalue weighted by Crippen LogP contribution is -2.22. The van der Waals surface area contributed by atoms with Crippen LogP contribution in [0.1, 0.15) is 39.2 Å². The van der Waals surface area contributed by atoms with E-state index in [4.69, 9.17) is 5.11 Å². The molecule has 0 saturated heterocycles. The van der Waals surface area contributed by atoms with Crippen molar-refractivity contribution in [1.29, 1.82) is 0 Å². The fourth-order valence-corrected chi connectivity index (χ4v) is 3.84. The normalized spacial score (nSPS) is 16.8. The molecule has 0 fully saturated rings. The Kier molecular flexibility index (Phi) is 4.42. The number of aliphatic carboxylic acids is 1. The number of aryl methyl sites for hydroxylation is 1. The smallest absolute Gasteiger partial charge is 0.325 e. The first-order chi connectivity index (χ1) is 11.0. The Morgan fingerprint density at radius 1 is 1.52 bits per heavy atom. The second kappa shape index (κ2) is 6.49. The van der Waals surface area contributed by atoms with Gasteiger partial charge in [-0.05, 0) is 36.8 Å². The minimum absolute atomic E-state index is 0.121. The summed E-state index contributed by atoms with van der Waals surface area (Å²) in [4.78, 5) is 24.9. The van der Waals surface area contributed by atoms with Crippen LogP contribution in [0, 0.1) is 5.92 Å². The Hall–Kier alpha value is -2.22. The fraction of sp³-hybridized carbons (Fsp3) is 0.467. The molecule has 1 aliphatic rings. The number of fused-ring (bicyclic) bond motifs is 1. The number of carbonyl (C=O) groups is 2. The monoisotopic (exact) mass is 334 g/mol. The van der Waals surface area contributed by atoms with E-state index in [1.54, 1.807) is 11.3 Å². The predicted octanol–water partition coefficient (Wildman–Crippen LogP) is 1.48. The zero-order valence-electron chi connectivity index (χ0n) is 12.8. The molecular formula is C15H18N4O3S. The van der Waals surface area contributed by atoms with Gasteiger partial charge in [0, 0.05) is 4.88 Å². The second-order valence-corrected chi connectivity index (χ2v) is 7.03. The maximum Gasteiger partial charge on any atom is 0.325 e. The van der Waals surface area contributed by atoms with Gasteiger partial charge in [-0.3, -0.25) is 9.59 Å². The van der Waals surface area contributed by atoms with E-state index >= 15 is 0 Å². The van der Waals surface area contributed by atoms with E-state index in [0.717, 1.165) is 17.7 Å². The van der Waals surface area contributed by atoms with Crippen LogP contribution in [-0.4, -0.2) is 32.0 Å². The number of thiophene rings is 1.